The number of aryl methyl sites for hydroxylation is 1. The second kappa shape index (κ2) is 9.56. The summed E-state index contributed by atoms with van der Waals surface area (Å²) < 4.78 is 10.7. The Morgan fingerprint density at radius 3 is 2.41 bits per heavy atom. The zero-order valence-corrected chi connectivity index (χ0v) is 18.4. The van der Waals surface area contributed by atoms with Gasteiger partial charge >= 0.3 is 5.97 Å². The zero-order chi connectivity index (χ0) is 21.7. The Morgan fingerprint density at radius 1 is 1.10 bits per heavy atom. The number of benzene rings is 1. The Bertz CT molecular complexity index is 933. The molecule has 0 atom stereocenters. The summed E-state index contributed by atoms with van der Waals surface area (Å²) in [6.07, 6.45) is 0. The summed E-state index contributed by atoms with van der Waals surface area (Å²) in [5.41, 5.74) is 2.70. The van der Waals surface area contributed by atoms with E-state index in [0.29, 0.717) is 16.2 Å². The van der Waals surface area contributed by atoms with E-state index in [1.165, 1.54) is 4.90 Å². The van der Waals surface area contributed by atoms with Crippen LogP contribution < -0.4 is 10.1 Å². The van der Waals surface area contributed by atoms with E-state index in [4.69, 9.17) is 9.47 Å². The molecule has 156 valence electrons. The molecule has 29 heavy (non-hydrogen) atoms. The maximum atomic E-state index is 12.5. The molecule has 0 fully saturated rings. The first kappa shape index (κ1) is 22.4. The van der Waals surface area contributed by atoms with E-state index in [-0.39, 0.29) is 29.7 Å². The summed E-state index contributed by atoms with van der Waals surface area (Å²) in [4.78, 5) is 39.1. The molecule has 0 saturated carbocycles. The quantitative estimate of drug-likeness (QED) is 0.695. The van der Waals surface area contributed by atoms with Crippen LogP contribution in [0, 0.1) is 20.8 Å². The SMILES string of the molecule is CCOC(=O)c1c(NC(=O)COc2cccc(C)c2C)sc(C(=O)N(C)C)c1C. The van der Waals surface area contributed by atoms with Gasteiger partial charge in [-0.25, -0.2) is 4.79 Å². The third kappa shape index (κ3) is 5.14. The average Bonchev–Trinajstić information content (AvgIpc) is 2.98. The lowest BCUT2D eigenvalue weighted by molar-refractivity contribution is -0.118. The Morgan fingerprint density at radius 2 is 1.79 bits per heavy atom. The predicted octanol–water partition coefficient (Wildman–Crippen LogP) is 3.57. The summed E-state index contributed by atoms with van der Waals surface area (Å²) >= 11 is 1.05. The van der Waals surface area contributed by atoms with Crippen molar-refractivity contribution in [3.8, 4) is 5.75 Å². The van der Waals surface area contributed by atoms with Gasteiger partial charge in [-0.2, -0.15) is 0 Å². The number of esters is 1. The number of nitrogens with one attached hydrogen (secondary N) is 1. The maximum absolute atomic E-state index is 12.5. The Kier molecular flexibility index (Phi) is 7.39. The summed E-state index contributed by atoms with van der Waals surface area (Å²) in [7, 11) is 3.25. The number of amides is 2. The van der Waals surface area contributed by atoms with Gasteiger partial charge in [0.05, 0.1) is 17.0 Å². The van der Waals surface area contributed by atoms with Crippen LogP contribution in [0.2, 0.25) is 0 Å². The second-order valence-electron chi connectivity index (χ2n) is 6.72. The molecule has 0 aliphatic carbocycles. The lowest BCUT2D eigenvalue weighted by Crippen LogP contribution is -2.21. The highest BCUT2D eigenvalue weighted by molar-refractivity contribution is 7.18. The van der Waals surface area contributed by atoms with Gasteiger partial charge in [0.2, 0.25) is 0 Å². The van der Waals surface area contributed by atoms with Crippen LogP contribution in [0.3, 0.4) is 0 Å². The third-order valence-electron chi connectivity index (χ3n) is 4.39. The van der Waals surface area contributed by atoms with E-state index in [1.54, 1.807) is 34.0 Å². The van der Waals surface area contributed by atoms with Crippen molar-refractivity contribution in [2.45, 2.75) is 27.7 Å². The first-order valence-electron chi connectivity index (χ1n) is 9.18. The Labute approximate surface area is 174 Å². The van der Waals surface area contributed by atoms with Crippen molar-refractivity contribution in [3.05, 3.63) is 45.3 Å². The summed E-state index contributed by atoms with van der Waals surface area (Å²) in [6, 6.07) is 5.62. The molecule has 1 aromatic carbocycles. The fourth-order valence-electron chi connectivity index (χ4n) is 2.64. The zero-order valence-electron chi connectivity index (χ0n) is 17.5. The Hall–Kier alpha value is -2.87. The highest BCUT2D eigenvalue weighted by Crippen LogP contribution is 2.34. The number of rotatable bonds is 7. The molecule has 0 bridgehead atoms. The van der Waals surface area contributed by atoms with E-state index in [1.807, 2.05) is 26.0 Å². The number of carbonyl (C=O) groups is 3. The largest absolute Gasteiger partial charge is 0.483 e. The minimum atomic E-state index is -0.579. The van der Waals surface area contributed by atoms with E-state index in [0.717, 1.165) is 22.5 Å². The van der Waals surface area contributed by atoms with Crippen LogP contribution in [0.1, 0.15) is 43.6 Å². The van der Waals surface area contributed by atoms with Crippen molar-refractivity contribution in [2.24, 2.45) is 0 Å². The molecule has 0 unspecified atom stereocenters. The number of nitrogens with zero attached hydrogens (tertiary/aromatic N) is 1. The molecule has 0 saturated heterocycles. The molecule has 0 aliphatic rings. The van der Waals surface area contributed by atoms with Crippen LogP contribution in [-0.2, 0) is 9.53 Å². The highest BCUT2D eigenvalue weighted by atomic mass is 32.1. The number of hydrogen-bond donors (Lipinski definition) is 1. The second-order valence-corrected chi connectivity index (χ2v) is 7.74. The molecule has 2 aromatic rings. The van der Waals surface area contributed by atoms with Crippen LogP contribution in [0.4, 0.5) is 5.00 Å². The fourth-order valence-corrected chi connectivity index (χ4v) is 3.88. The smallest absolute Gasteiger partial charge is 0.341 e. The van der Waals surface area contributed by atoms with Gasteiger partial charge in [0.25, 0.3) is 11.8 Å². The van der Waals surface area contributed by atoms with Crippen LogP contribution in [0.5, 0.6) is 5.75 Å². The van der Waals surface area contributed by atoms with Gasteiger partial charge in [-0.05, 0) is 50.5 Å². The topological polar surface area (TPSA) is 84.9 Å². The molecule has 1 heterocycles. The molecule has 8 heteroatoms. The van der Waals surface area contributed by atoms with Crippen molar-refractivity contribution in [1.29, 1.82) is 0 Å². The molecule has 2 rings (SSSR count). The molecule has 0 radical (unpaired) electrons. The van der Waals surface area contributed by atoms with Crippen molar-refractivity contribution in [3.63, 3.8) is 0 Å². The lowest BCUT2D eigenvalue weighted by Gasteiger charge is -2.11. The minimum absolute atomic E-state index is 0.189. The van der Waals surface area contributed by atoms with Gasteiger partial charge in [-0.3, -0.25) is 9.59 Å². The normalized spacial score (nSPS) is 10.4. The van der Waals surface area contributed by atoms with E-state index in [9.17, 15) is 14.4 Å². The van der Waals surface area contributed by atoms with E-state index >= 15 is 0 Å². The van der Waals surface area contributed by atoms with Crippen LogP contribution >= 0.6 is 11.3 Å². The average molecular weight is 419 g/mol. The van der Waals surface area contributed by atoms with Gasteiger partial charge in [0.15, 0.2) is 6.61 Å². The number of ether oxygens (including phenoxy) is 2. The lowest BCUT2D eigenvalue weighted by atomic mass is 10.1. The molecule has 7 nitrogen and oxygen atoms in total. The van der Waals surface area contributed by atoms with Crippen molar-refractivity contribution in [1.82, 2.24) is 4.90 Å². The van der Waals surface area contributed by atoms with Crippen LogP contribution in [-0.4, -0.2) is 50.0 Å². The van der Waals surface area contributed by atoms with Crippen molar-refractivity contribution >= 4 is 34.1 Å². The fraction of sp³-hybridized carbons (Fsp3) is 0.381. The standard InChI is InChI=1S/C21H26N2O5S/c1-7-27-21(26)17-14(4)18(20(25)23(5)6)29-19(17)22-16(24)11-28-15-10-8-9-12(2)13(15)3/h8-10H,7,11H2,1-6H3,(H,22,24). The maximum Gasteiger partial charge on any atom is 0.341 e. The molecule has 0 aliphatic heterocycles. The summed E-state index contributed by atoms with van der Waals surface area (Å²) in [5, 5.41) is 2.97. The van der Waals surface area contributed by atoms with Crippen molar-refractivity contribution < 1.29 is 23.9 Å². The first-order chi connectivity index (χ1) is 13.7. The molecule has 1 aromatic heterocycles. The molecule has 1 N–H and O–H groups in total. The van der Waals surface area contributed by atoms with Crippen LogP contribution in [0.15, 0.2) is 18.2 Å². The number of anilines is 1. The predicted molar refractivity (Wildman–Crippen MR) is 113 cm³/mol. The summed E-state index contributed by atoms with van der Waals surface area (Å²) in [5.74, 6) is -0.631. The van der Waals surface area contributed by atoms with E-state index in [2.05, 4.69) is 5.32 Å². The monoisotopic (exact) mass is 418 g/mol. The number of carbonyl (C=O) groups excluding carboxylic acids is 3. The molecular formula is C21H26N2O5S. The molecular weight excluding hydrogens is 392 g/mol. The molecule has 2 amide bonds. The van der Waals surface area contributed by atoms with E-state index < -0.39 is 11.9 Å². The van der Waals surface area contributed by atoms with Gasteiger partial charge in [0, 0.05) is 14.1 Å². The van der Waals surface area contributed by atoms with Gasteiger partial charge in [-0.15, -0.1) is 11.3 Å². The number of hydrogen-bond acceptors (Lipinski definition) is 6. The first-order valence-corrected chi connectivity index (χ1v) is 10.00. The van der Waals surface area contributed by atoms with Gasteiger partial charge in [0.1, 0.15) is 10.8 Å². The molecule has 0 spiro atoms. The van der Waals surface area contributed by atoms with Crippen molar-refractivity contribution in [2.75, 3.05) is 32.6 Å². The van der Waals surface area contributed by atoms with Crippen LogP contribution in [0.25, 0.3) is 0 Å². The van der Waals surface area contributed by atoms with Gasteiger partial charge in [-0.1, -0.05) is 12.1 Å². The minimum Gasteiger partial charge on any atom is -0.483 e. The summed E-state index contributed by atoms with van der Waals surface area (Å²) in [6.45, 7) is 7.22. The third-order valence-corrected chi connectivity index (χ3v) is 5.59. The Balaban J connectivity index is 2.24. The number of thiophene rings is 1. The highest BCUT2D eigenvalue weighted by Gasteiger charge is 2.27. The van der Waals surface area contributed by atoms with Gasteiger partial charge < -0.3 is 19.7 Å².